The van der Waals surface area contributed by atoms with Crippen LogP contribution in [-0.2, 0) is 9.59 Å². The van der Waals surface area contributed by atoms with Crippen molar-refractivity contribution < 1.29 is 14.3 Å². The molecular formula is C21H22Cl2N2O3. The predicted molar refractivity (Wildman–Crippen MR) is 111 cm³/mol. The summed E-state index contributed by atoms with van der Waals surface area (Å²) in [6.45, 7) is 2.66. The number of hydrogen-bond donors (Lipinski definition) is 1. The third-order valence-corrected chi connectivity index (χ3v) is 5.22. The predicted octanol–water partition coefficient (Wildman–Crippen LogP) is 4.64. The first kappa shape index (κ1) is 20.5. The zero-order valence-corrected chi connectivity index (χ0v) is 17.0. The summed E-state index contributed by atoms with van der Waals surface area (Å²) in [5.74, 6) is -0.0761. The van der Waals surface area contributed by atoms with Gasteiger partial charge in [-0.1, -0.05) is 41.4 Å². The van der Waals surface area contributed by atoms with Crippen molar-refractivity contribution in [3.8, 4) is 5.75 Å². The van der Waals surface area contributed by atoms with Gasteiger partial charge in [0.2, 0.25) is 5.91 Å². The number of nitrogens with one attached hydrogen (secondary N) is 1. The number of halogens is 2. The third-order valence-electron chi connectivity index (χ3n) is 4.69. The van der Waals surface area contributed by atoms with Crippen molar-refractivity contribution in [2.75, 3.05) is 18.4 Å². The highest BCUT2D eigenvalue weighted by molar-refractivity contribution is 6.35. The molecule has 1 aliphatic rings. The van der Waals surface area contributed by atoms with E-state index in [2.05, 4.69) is 5.32 Å². The van der Waals surface area contributed by atoms with Crippen LogP contribution in [0.15, 0.2) is 48.5 Å². The second kappa shape index (κ2) is 9.30. The highest BCUT2D eigenvalue weighted by atomic mass is 35.5. The zero-order chi connectivity index (χ0) is 20.1. The maximum absolute atomic E-state index is 12.8. The lowest BCUT2D eigenvalue weighted by Crippen LogP contribution is -2.48. The van der Waals surface area contributed by atoms with E-state index >= 15 is 0 Å². The van der Waals surface area contributed by atoms with Crippen LogP contribution < -0.4 is 10.1 Å². The van der Waals surface area contributed by atoms with Gasteiger partial charge in [-0.15, -0.1) is 0 Å². The van der Waals surface area contributed by atoms with E-state index in [9.17, 15) is 9.59 Å². The molecular weight excluding hydrogens is 399 g/mol. The van der Waals surface area contributed by atoms with E-state index in [4.69, 9.17) is 27.9 Å². The number of hydrogen-bond acceptors (Lipinski definition) is 3. The van der Waals surface area contributed by atoms with E-state index in [0.29, 0.717) is 28.9 Å². The largest absolute Gasteiger partial charge is 0.479 e. The first-order chi connectivity index (χ1) is 13.4. The van der Waals surface area contributed by atoms with Gasteiger partial charge in [0.1, 0.15) is 5.75 Å². The maximum atomic E-state index is 12.8. The molecule has 2 atom stereocenters. The van der Waals surface area contributed by atoms with E-state index in [1.165, 1.54) is 0 Å². The number of carbonyl (C=O) groups excluding carboxylic acids is 2. The van der Waals surface area contributed by atoms with Crippen molar-refractivity contribution >= 4 is 40.7 Å². The number of anilines is 1. The molecule has 1 fully saturated rings. The van der Waals surface area contributed by atoms with Gasteiger partial charge in [0, 0.05) is 23.8 Å². The molecule has 2 aromatic carbocycles. The molecule has 0 radical (unpaired) electrons. The summed E-state index contributed by atoms with van der Waals surface area (Å²) < 4.78 is 5.72. The monoisotopic (exact) mass is 420 g/mol. The molecule has 28 heavy (non-hydrogen) atoms. The van der Waals surface area contributed by atoms with E-state index in [0.717, 1.165) is 18.5 Å². The molecule has 1 aliphatic heterocycles. The van der Waals surface area contributed by atoms with Crippen LogP contribution in [0, 0.1) is 5.92 Å². The van der Waals surface area contributed by atoms with Gasteiger partial charge in [0.25, 0.3) is 5.91 Å². The average Bonchev–Trinajstić information content (AvgIpc) is 2.70. The minimum atomic E-state index is -0.713. The van der Waals surface area contributed by atoms with Crippen LogP contribution in [0.3, 0.4) is 0 Å². The average molecular weight is 421 g/mol. The summed E-state index contributed by atoms with van der Waals surface area (Å²) in [6.07, 6.45) is 0.808. The standard InChI is InChI=1S/C21H22Cl2N2O3/c1-14(28-19-10-9-16(22)12-18(19)23)21(27)25-11-5-6-15(13-25)20(26)24-17-7-3-2-4-8-17/h2-4,7-10,12,14-15H,5-6,11,13H2,1H3,(H,24,26)/t14-,15+/m0/s1. The van der Waals surface area contributed by atoms with Gasteiger partial charge in [0.05, 0.1) is 10.9 Å². The van der Waals surface area contributed by atoms with Gasteiger partial charge in [-0.2, -0.15) is 0 Å². The number of piperidine rings is 1. The summed E-state index contributed by atoms with van der Waals surface area (Å²) in [7, 11) is 0. The van der Waals surface area contributed by atoms with Crippen molar-refractivity contribution in [1.82, 2.24) is 4.90 Å². The van der Waals surface area contributed by atoms with E-state index < -0.39 is 6.10 Å². The number of carbonyl (C=O) groups is 2. The topological polar surface area (TPSA) is 58.6 Å². The van der Waals surface area contributed by atoms with Crippen LogP contribution in [-0.4, -0.2) is 35.9 Å². The van der Waals surface area contributed by atoms with E-state index in [1.807, 2.05) is 30.3 Å². The van der Waals surface area contributed by atoms with Gasteiger partial charge in [-0.05, 0) is 50.1 Å². The molecule has 5 nitrogen and oxygen atoms in total. The first-order valence-electron chi connectivity index (χ1n) is 9.20. The van der Waals surface area contributed by atoms with Crippen LogP contribution in [0.25, 0.3) is 0 Å². The Morgan fingerprint density at radius 1 is 1.18 bits per heavy atom. The Morgan fingerprint density at radius 2 is 1.93 bits per heavy atom. The lowest BCUT2D eigenvalue weighted by molar-refractivity contribution is -0.140. The first-order valence-corrected chi connectivity index (χ1v) is 9.96. The Labute approximate surface area is 174 Å². The molecule has 0 aliphatic carbocycles. The van der Waals surface area contributed by atoms with Gasteiger partial charge in [-0.25, -0.2) is 0 Å². The van der Waals surface area contributed by atoms with Crippen LogP contribution in [0.4, 0.5) is 5.69 Å². The molecule has 148 valence electrons. The lowest BCUT2D eigenvalue weighted by atomic mass is 9.96. The van der Waals surface area contributed by atoms with Gasteiger partial charge >= 0.3 is 0 Å². The summed E-state index contributed by atoms with van der Waals surface area (Å²) in [5, 5.41) is 3.77. The number of rotatable bonds is 5. The summed E-state index contributed by atoms with van der Waals surface area (Å²) in [5.41, 5.74) is 0.755. The van der Waals surface area contributed by atoms with Crippen LogP contribution in [0.5, 0.6) is 5.75 Å². The number of likely N-dealkylation sites (tertiary alicyclic amines) is 1. The minimum Gasteiger partial charge on any atom is -0.479 e. The molecule has 3 rings (SSSR count). The normalized spacial score (nSPS) is 17.7. The van der Waals surface area contributed by atoms with Crippen molar-refractivity contribution in [2.45, 2.75) is 25.9 Å². The van der Waals surface area contributed by atoms with Crippen LogP contribution in [0.2, 0.25) is 10.0 Å². The molecule has 0 spiro atoms. The van der Waals surface area contributed by atoms with Gasteiger partial charge in [-0.3, -0.25) is 9.59 Å². The maximum Gasteiger partial charge on any atom is 0.263 e. The third kappa shape index (κ3) is 5.18. The minimum absolute atomic E-state index is 0.0713. The molecule has 1 N–H and O–H groups in total. The van der Waals surface area contributed by atoms with Gasteiger partial charge in [0.15, 0.2) is 6.10 Å². The fourth-order valence-electron chi connectivity index (χ4n) is 3.23. The fourth-order valence-corrected chi connectivity index (χ4v) is 3.68. The quantitative estimate of drug-likeness (QED) is 0.766. The number of ether oxygens (including phenoxy) is 1. The number of para-hydroxylation sites is 1. The molecule has 2 aromatic rings. The zero-order valence-electron chi connectivity index (χ0n) is 15.5. The molecule has 7 heteroatoms. The highest BCUT2D eigenvalue weighted by Crippen LogP contribution is 2.29. The molecule has 0 saturated carbocycles. The van der Waals surface area contributed by atoms with Crippen molar-refractivity contribution in [3.63, 3.8) is 0 Å². The summed E-state index contributed by atoms with van der Waals surface area (Å²) in [4.78, 5) is 27.1. The Morgan fingerprint density at radius 3 is 2.64 bits per heavy atom. The molecule has 1 heterocycles. The smallest absolute Gasteiger partial charge is 0.263 e. The Kier molecular flexibility index (Phi) is 6.81. The number of nitrogens with zero attached hydrogens (tertiary/aromatic N) is 1. The summed E-state index contributed by atoms with van der Waals surface area (Å²) in [6, 6.07) is 14.2. The molecule has 0 aromatic heterocycles. The SMILES string of the molecule is C[C@H](Oc1ccc(Cl)cc1Cl)C(=O)N1CCC[C@@H](C(=O)Nc2ccccc2)C1. The van der Waals surface area contributed by atoms with Crippen LogP contribution >= 0.6 is 23.2 Å². The van der Waals surface area contributed by atoms with Gasteiger partial charge < -0.3 is 15.0 Å². The second-order valence-corrected chi connectivity index (χ2v) is 7.66. The van der Waals surface area contributed by atoms with Crippen molar-refractivity contribution in [3.05, 3.63) is 58.6 Å². The number of amides is 2. The van der Waals surface area contributed by atoms with E-state index in [1.54, 1.807) is 30.0 Å². The Hall–Kier alpha value is -2.24. The summed E-state index contributed by atoms with van der Waals surface area (Å²) >= 11 is 12.0. The molecule has 0 unspecified atom stereocenters. The Balaban J connectivity index is 1.59. The molecule has 1 saturated heterocycles. The van der Waals surface area contributed by atoms with Crippen molar-refractivity contribution in [1.29, 1.82) is 0 Å². The molecule has 0 bridgehead atoms. The highest BCUT2D eigenvalue weighted by Gasteiger charge is 2.31. The lowest BCUT2D eigenvalue weighted by Gasteiger charge is -2.33. The van der Waals surface area contributed by atoms with Crippen molar-refractivity contribution in [2.24, 2.45) is 5.92 Å². The number of benzene rings is 2. The van der Waals surface area contributed by atoms with Crippen LogP contribution in [0.1, 0.15) is 19.8 Å². The fraction of sp³-hybridized carbons (Fsp3) is 0.333. The Bertz CT molecular complexity index is 845. The molecule has 2 amide bonds. The second-order valence-electron chi connectivity index (χ2n) is 6.81. The van der Waals surface area contributed by atoms with E-state index in [-0.39, 0.29) is 17.7 Å².